The Hall–Kier alpha value is -3.66. The molecule has 1 fully saturated rings. The number of carbonyl (C=O) groups excluding carboxylic acids is 1. The molecule has 0 atom stereocenters. The molecule has 1 aromatic heterocycles. The minimum atomic E-state index is -4.65. The molecule has 0 bridgehead atoms. The standard InChI is InChI=1S/C24H18F3N3O3S/c1-13-18(10-14(11-20(13)27)24(31)28-16-7-8-16)23-17-4-2-3-5-21(17)30(29-23)34(32,33)22-12-15(25)6-9-19(22)26/h2-6,9-12,16H,7-8H2,1H3,(H,28,31). The van der Waals surface area contributed by atoms with Crippen molar-refractivity contribution in [3.05, 3.63) is 83.2 Å². The fraction of sp³-hybridized carbons (Fsp3) is 0.167. The second-order valence-corrected chi connectivity index (χ2v) is 9.90. The zero-order chi connectivity index (χ0) is 24.2. The first-order chi connectivity index (χ1) is 16.2. The molecule has 1 saturated carbocycles. The average molecular weight is 485 g/mol. The minimum Gasteiger partial charge on any atom is -0.349 e. The predicted octanol–water partition coefficient (Wildman–Crippen LogP) is 4.56. The van der Waals surface area contributed by atoms with E-state index in [2.05, 4.69) is 10.4 Å². The molecule has 34 heavy (non-hydrogen) atoms. The third-order valence-corrected chi connectivity index (χ3v) is 7.33. The molecule has 1 N–H and O–H groups in total. The zero-order valence-electron chi connectivity index (χ0n) is 17.8. The Morgan fingerprint density at radius 1 is 1.03 bits per heavy atom. The molecule has 0 saturated heterocycles. The largest absolute Gasteiger partial charge is 0.349 e. The summed E-state index contributed by atoms with van der Waals surface area (Å²) in [6.07, 6.45) is 1.72. The molecule has 10 heteroatoms. The number of hydrogen-bond donors (Lipinski definition) is 1. The maximum atomic E-state index is 14.8. The number of halogens is 3. The molecule has 0 radical (unpaired) electrons. The third-order valence-electron chi connectivity index (χ3n) is 5.73. The number of nitrogens with one attached hydrogen (secondary N) is 1. The highest BCUT2D eigenvalue weighted by atomic mass is 32.2. The molecule has 1 heterocycles. The van der Waals surface area contributed by atoms with Gasteiger partial charge < -0.3 is 5.32 Å². The van der Waals surface area contributed by atoms with Gasteiger partial charge in [0.15, 0.2) is 0 Å². The van der Waals surface area contributed by atoms with Gasteiger partial charge in [0.1, 0.15) is 28.0 Å². The normalized spacial score (nSPS) is 13.9. The molecule has 1 aliphatic carbocycles. The summed E-state index contributed by atoms with van der Waals surface area (Å²) in [4.78, 5) is 11.7. The van der Waals surface area contributed by atoms with E-state index in [0.717, 1.165) is 31.0 Å². The van der Waals surface area contributed by atoms with Crippen molar-refractivity contribution in [2.75, 3.05) is 0 Å². The first-order valence-electron chi connectivity index (χ1n) is 10.5. The highest BCUT2D eigenvalue weighted by Gasteiger charge is 2.29. The Labute approximate surface area is 193 Å². The third kappa shape index (κ3) is 3.73. The van der Waals surface area contributed by atoms with Crippen molar-refractivity contribution in [2.24, 2.45) is 0 Å². The molecule has 5 rings (SSSR count). The van der Waals surface area contributed by atoms with E-state index in [4.69, 9.17) is 0 Å². The average Bonchev–Trinajstić information content (AvgIpc) is 3.53. The highest BCUT2D eigenvalue weighted by molar-refractivity contribution is 7.90. The number of aromatic nitrogens is 2. The van der Waals surface area contributed by atoms with Gasteiger partial charge in [-0.2, -0.15) is 17.6 Å². The molecular weight excluding hydrogens is 467 g/mol. The Bertz CT molecular complexity index is 1580. The number of amides is 1. The van der Waals surface area contributed by atoms with Crippen LogP contribution in [-0.4, -0.2) is 29.6 Å². The van der Waals surface area contributed by atoms with E-state index >= 15 is 0 Å². The fourth-order valence-corrected chi connectivity index (χ4v) is 5.11. The van der Waals surface area contributed by atoms with Gasteiger partial charge in [0.2, 0.25) is 0 Å². The Morgan fingerprint density at radius 2 is 1.76 bits per heavy atom. The predicted molar refractivity (Wildman–Crippen MR) is 119 cm³/mol. The highest BCUT2D eigenvalue weighted by Crippen LogP contribution is 2.34. The number of carbonyl (C=O) groups is 1. The van der Waals surface area contributed by atoms with Crippen molar-refractivity contribution in [3.8, 4) is 11.3 Å². The molecule has 0 unspecified atom stereocenters. The first-order valence-corrected chi connectivity index (χ1v) is 11.9. The summed E-state index contributed by atoms with van der Waals surface area (Å²) in [5.41, 5.74) is 0.628. The second-order valence-electron chi connectivity index (χ2n) is 8.17. The number of hydrogen-bond acceptors (Lipinski definition) is 4. The van der Waals surface area contributed by atoms with Crippen LogP contribution in [0.25, 0.3) is 22.2 Å². The van der Waals surface area contributed by atoms with Gasteiger partial charge in [-0.1, -0.05) is 18.2 Å². The van der Waals surface area contributed by atoms with Crippen LogP contribution in [0, 0.1) is 24.4 Å². The van der Waals surface area contributed by atoms with Crippen molar-refractivity contribution >= 4 is 26.8 Å². The lowest BCUT2D eigenvalue weighted by atomic mass is 9.99. The van der Waals surface area contributed by atoms with Crippen LogP contribution in [0.2, 0.25) is 0 Å². The van der Waals surface area contributed by atoms with E-state index in [1.54, 1.807) is 18.2 Å². The van der Waals surface area contributed by atoms with Gasteiger partial charge in [0, 0.05) is 22.6 Å². The molecular formula is C24H18F3N3O3S. The monoisotopic (exact) mass is 485 g/mol. The van der Waals surface area contributed by atoms with Gasteiger partial charge in [-0.15, -0.1) is 0 Å². The molecule has 3 aromatic carbocycles. The van der Waals surface area contributed by atoms with Crippen molar-refractivity contribution in [2.45, 2.75) is 30.7 Å². The fourth-order valence-electron chi connectivity index (χ4n) is 3.74. The summed E-state index contributed by atoms with van der Waals surface area (Å²) in [6, 6.07) is 11.0. The van der Waals surface area contributed by atoms with Gasteiger partial charge in [-0.05, 0) is 61.7 Å². The van der Waals surface area contributed by atoms with E-state index in [9.17, 15) is 26.4 Å². The smallest absolute Gasteiger partial charge is 0.286 e. The van der Waals surface area contributed by atoms with Crippen molar-refractivity contribution < 1.29 is 26.4 Å². The van der Waals surface area contributed by atoms with Crippen LogP contribution in [0.4, 0.5) is 13.2 Å². The number of benzene rings is 3. The van der Waals surface area contributed by atoms with Crippen LogP contribution in [0.15, 0.2) is 59.5 Å². The van der Waals surface area contributed by atoms with Gasteiger partial charge in [0.25, 0.3) is 15.9 Å². The number of rotatable bonds is 5. The maximum absolute atomic E-state index is 14.8. The topological polar surface area (TPSA) is 81.1 Å². The second kappa shape index (κ2) is 7.98. The summed E-state index contributed by atoms with van der Waals surface area (Å²) < 4.78 is 70.1. The first kappa shape index (κ1) is 22.1. The molecule has 4 aromatic rings. The van der Waals surface area contributed by atoms with E-state index < -0.39 is 38.3 Å². The lowest BCUT2D eigenvalue weighted by Gasteiger charge is -2.10. The van der Waals surface area contributed by atoms with Crippen LogP contribution < -0.4 is 5.32 Å². The number of fused-ring (bicyclic) bond motifs is 1. The summed E-state index contributed by atoms with van der Waals surface area (Å²) >= 11 is 0. The maximum Gasteiger partial charge on any atom is 0.286 e. The lowest BCUT2D eigenvalue weighted by molar-refractivity contribution is 0.0950. The number of para-hydroxylation sites is 1. The minimum absolute atomic E-state index is 0.0617. The summed E-state index contributed by atoms with van der Waals surface area (Å²) in [5, 5.41) is 7.32. The van der Waals surface area contributed by atoms with Gasteiger partial charge >= 0.3 is 0 Å². The van der Waals surface area contributed by atoms with Gasteiger partial charge in [-0.25, -0.2) is 13.2 Å². The van der Waals surface area contributed by atoms with Crippen LogP contribution in [0.1, 0.15) is 28.8 Å². The molecule has 174 valence electrons. The van der Waals surface area contributed by atoms with Crippen LogP contribution in [0.5, 0.6) is 0 Å². The van der Waals surface area contributed by atoms with E-state index in [0.29, 0.717) is 15.5 Å². The molecule has 0 spiro atoms. The van der Waals surface area contributed by atoms with Crippen molar-refractivity contribution in [3.63, 3.8) is 0 Å². The lowest BCUT2D eigenvalue weighted by Crippen LogP contribution is -2.25. The SMILES string of the molecule is Cc1c(F)cc(C(=O)NC2CC2)cc1-c1nn(S(=O)(=O)c2cc(F)ccc2F)c2ccccc12. The van der Waals surface area contributed by atoms with E-state index in [1.807, 2.05) is 0 Å². The van der Waals surface area contributed by atoms with E-state index in [1.165, 1.54) is 19.1 Å². The van der Waals surface area contributed by atoms with Crippen molar-refractivity contribution in [1.82, 2.24) is 14.5 Å². The van der Waals surface area contributed by atoms with Gasteiger partial charge in [-0.3, -0.25) is 4.79 Å². The van der Waals surface area contributed by atoms with Crippen molar-refractivity contribution in [1.29, 1.82) is 0 Å². The molecule has 6 nitrogen and oxygen atoms in total. The molecule has 0 aliphatic heterocycles. The molecule has 1 amide bonds. The Balaban J connectivity index is 1.72. The van der Waals surface area contributed by atoms with Crippen LogP contribution in [0.3, 0.4) is 0 Å². The quantitative estimate of drug-likeness (QED) is 0.450. The van der Waals surface area contributed by atoms with Crippen LogP contribution >= 0.6 is 0 Å². The summed E-state index contributed by atoms with van der Waals surface area (Å²) in [7, 11) is -4.65. The zero-order valence-corrected chi connectivity index (χ0v) is 18.7. The van der Waals surface area contributed by atoms with Gasteiger partial charge in [0.05, 0.1) is 5.52 Å². The van der Waals surface area contributed by atoms with E-state index in [-0.39, 0.29) is 33.9 Å². The molecule has 1 aliphatic rings. The summed E-state index contributed by atoms with van der Waals surface area (Å²) in [5.74, 6) is -3.16. The summed E-state index contributed by atoms with van der Waals surface area (Å²) in [6.45, 7) is 1.49. The Morgan fingerprint density at radius 3 is 2.50 bits per heavy atom. The number of nitrogens with zero attached hydrogens (tertiary/aromatic N) is 2. The van der Waals surface area contributed by atoms with Crippen LogP contribution in [-0.2, 0) is 10.0 Å². The Kier molecular flexibility index (Phi) is 5.20.